The van der Waals surface area contributed by atoms with Crippen LogP contribution in [0.15, 0.2) is 11.6 Å². The topological polar surface area (TPSA) is 23.8 Å². The third kappa shape index (κ3) is 6.44. The van der Waals surface area contributed by atoms with Gasteiger partial charge >= 0.3 is 0 Å². The lowest BCUT2D eigenvalue weighted by molar-refractivity contribution is 0.221. The van der Waals surface area contributed by atoms with Crippen LogP contribution < -0.4 is 0 Å². The van der Waals surface area contributed by atoms with Crippen molar-refractivity contribution in [3.8, 4) is 6.07 Å². The zero-order chi connectivity index (χ0) is 18.7. The molecule has 1 atom stereocenters. The van der Waals surface area contributed by atoms with E-state index in [1.54, 1.807) is 0 Å². The minimum absolute atomic E-state index is 0.0899. The molecule has 2 aliphatic rings. The van der Waals surface area contributed by atoms with E-state index in [1.165, 1.54) is 102 Å². The van der Waals surface area contributed by atoms with Gasteiger partial charge in [0.1, 0.15) is 0 Å². The Morgan fingerprint density at radius 3 is 2.12 bits per heavy atom. The average molecular weight is 358 g/mol. The molecule has 2 aliphatic carbocycles. The molecule has 0 heterocycles. The van der Waals surface area contributed by atoms with Gasteiger partial charge in [0.05, 0.1) is 11.5 Å². The Hall–Kier alpha value is -0.770. The van der Waals surface area contributed by atoms with E-state index < -0.39 is 0 Å². The summed E-state index contributed by atoms with van der Waals surface area (Å²) in [5, 5.41) is 9.99. The maximum Gasteiger partial charge on any atom is 0.0782 e. The van der Waals surface area contributed by atoms with Crippen LogP contribution in [0.4, 0.5) is 0 Å². The molecule has 1 nitrogen and oxygen atoms in total. The van der Waals surface area contributed by atoms with Crippen molar-refractivity contribution in [1.29, 1.82) is 5.26 Å². The number of rotatable bonds is 11. The number of hydrogen-bond acceptors (Lipinski definition) is 1. The molecular formula is C25H43N. The average Bonchev–Trinajstić information content (AvgIpc) is 2.69. The van der Waals surface area contributed by atoms with Gasteiger partial charge in [0.15, 0.2) is 0 Å². The van der Waals surface area contributed by atoms with E-state index >= 15 is 0 Å². The molecule has 0 amide bonds. The molecule has 0 radical (unpaired) electrons. The van der Waals surface area contributed by atoms with Crippen LogP contribution in [0.25, 0.3) is 0 Å². The molecule has 0 N–H and O–H groups in total. The second-order valence-corrected chi connectivity index (χ2v) is 9.21. The minimum atomic E-state index is -0.0899. The van der Waals surface area contributed by atoms with E-state index in [4.69, 9.17) is 0 Å². The zero-order valence-corrected chi connectivity index (χ0v) is 17.7. The summed E-state index contributed by atoms with van der Waals surface area (Å²) in [7, 11) is 0. The van der Waals surface area contributed by atoms with Gasteiger partial charge in [-0.2, -0.15) is 5.26 Å². The molecule has 1 fully saturated rings. The van der Waals surface area contributed by atoms with Crippen molar-refractivity contribution in [2.45, 2.75) is 123 Å². The molecule has 0 saturated heterocycles. The predicted octanol–water partition coefficient (Wildman–Crippen LogP) is 8.35. The first-order valence-corrected chi connectivity index (χ1v) is 11.8. The molecule has 1 saturated carbocycles. The second kappa shape index (κ2) is 11.8. The molecule has 2 rings (SSSR count). The molecular weight excluding hydrogens is 314 g/mol. The first-order chi connectivity index (χ1) is 12.7. The van der Waals surface area contributed by atoms with E-state index in [1.807, 2.05) is 0 Å². The van der Waals surface area contributed by atoms with Crippen LogP contribution in [-0.4, -0.2) is 0 Å². The van der Waals surface area contributed by atoms with Gasteiger partial charge in [-0.1, -0.05) is 89.7 Å². The van der Waals surface area contributed by atoms with Crippen LogP contribution in [-0.2, 0) is 0 Å². The highest BCUT2D eigenvalue weighted by Gasteiger charge is 2.39. The number of hydrogen-bond donors (Lipinski definition) is 0. The highest BCUT2D eigenvalue weighted by Crippen LogP contribution is 2.48. The lowest BCUT2D eigenvalue weighted by Crippen LogP contribution is -2.29. The van der Waals surface area contributed by atoms with Gasteiger partial charge in [0.25, 0.3) is 0 Å². The summed E-state index contributed by atoms with van der Waals surface area (Å²) in [5.74, 6) is 1.78. The van der Waals surface area contributed by atoms with Gasteiger partial charge in [0.2, 0.25) is 0 Å². The summed E-state index contributed by atoms with van der Waals surface area (Å²) in [6.45, 7) is 4.58. The van der Waals surface area contributed by atoms with E-state index in [0.29, 0.717) is 0 Å². The van der Waals surface area contributed by atoms with Crippen molar-refractivity contribution < 1.29 is 0 Å². The molecule has 148 valence electrons. The van der Waals surface area contributed by atoms with Crippen molar-refractivity contribution in [3.05, 3.63) is 11.6 Å². The summed E-state index contributed by atoms with van der Waals surface area (Å²) in [4.78, 5) is 0. The minimum Gasteiger partial charge on any atom is -0.197 e. The van der Waals surface area contributed by atoms with Crippen molar-refractivity contribution >= 4 is 0 Å². The highest BCUT2D eigenvalue weighted by molar-refractivity contribution is 5.26. The van der Waals surface area contributed by atoms with Crippen LogP contribution in [0.5, 0.6) is 0 Å². The van der Waals surface area contributed by atoms with E-state index in [-0.39, 0.29) is 5.41 Å². The monoisotopic (exact) mass is 357 g/mol. The molecule has 26 heavy (non-hydrogen) atoms. The summed E-state index contributed by atoms with van der Waals surface area (Å²) in [5.41, 5.74) is 1.43. The fourth-order valence-electron chi connectivity index (χ4n) is 5.27. The normalized spacial score (nSPS) is 29.2. The maximum atomic E-state index is 9.99. The van der Waals surface area contributed by atoms with Gasteiger partial charge in [-0.3, -0.25) is 0 Å². The van der Waals surface area contributed by atoms with Crippen molar-refractivity contribution in [1.82, 2.24) is 0 Å². The summed E-state index contributed by atoms with van der Waals surface area (Å²) in [6, 6.07) is 2.79. The molecule has 0 aliphatic heterocycles. The van der Waals surface area contributed by atoms with E-state index in [9.17, 15) is 5.26 Å². The third-order valence-electron chi connectivity index (χ3n) is 7.24. The molecule has 0 aromatic carbocycles. The summed E-state index contributed by atoms with van der Waals surface area (Å²) >= 11 is 0. The van der Waals surface area contributed by atoms with E-state index in [0.717, 1.165) is 24.7 Å². The molecule has 0 aromatic heterocycles. The first kappa shape index (κ1) is 21.5. The SMILES string of the molecule is CCCCCCC[C@H]1CC=C(C2(C#N)CCC(CCCCC)CC2)CC1. The zero-order valence-electron chi connectivity index (χ0n) is 17.7. The third-order valence-corrected chi connectivity index (χ3v) is 7.24. The first-order valence-electron chi connectivity index (χ1n) is 11.8. The number of nitrogens with zero attached hydrogens (tertiary/aromatic N) is 1. The molecule has 0 bridgehead atoms. The van der Waals surface area contributed by atoms with Gasteiger partial charge in [-0.15, -0.1) is 0 Å². The Bertz CT molecular complexity index is 447. The molecule has 0 spiro atoms. The van der Waals surface area contributed by atoms with Gasteiger partial charge in [-0.05, 0) is 56.8 Å². The number of nitriles is 1. The predicted molar refractivity (Wildman–Crippen MR) is 113 cm³/mol. The standard InChI is InChI=1S/C25H43N/c1-3-5-7-8-10-12-22-13-15-24(16-14-22)25(21-26)19-17-23(18-20-25)11-9-6-4-2/h15,22-23H,3-14,16-20H2,1-2H3/t22-,23?,25?/m0/s1. The van der Waals surface area contributed by atoms with Crippen molar-refractivity contribution in [3.63, 3.8) is 0 Å². The second-order valence-electron chi connectivity index (χ2n) is 9.21. The van der Waals surface area contributed by atoms with E-state index in [2.05, 4.69) is 26.0 Å². The van der Waals surface area contributed by atoms with Crippen LogP contribution in [0.1, 0.15) is 123 Å². The van der Waals surface area contributed by atoms with Crippen molar-refractivity contribution in [2.24, 2.45) is 17.3 Å². The lowest BCUT2D eigenvalue weighted by Gasteiger charge is -2.39. The summed E-state index contributed by atoms with van der Waals surface area (Å²) in [6.07, 6.45) is 25.0. The van der Waals surface area contributed by atoms with Crippen molar-refractivity contribution in [2.75, 3.05) is 0 Å². The van der Waals surface area contributed by atoms with Gasteiger partial charge < -0.3 is 0 Å². The largest absolute Gasteiger partial charge is 0.197 e. The van der Waals surface area contributed by atoms with Gasteiger partial charge in [0, 0.05) is 0 Å². The number of unbranched alkanes of at least 4 members (excludes halogenated alkanes) is 6. The van der Waals surface area contributed by atoms with Crippen LogP contribution in [0, 0.1) is 28.6 Å². The Morgan fingerprint density at radius 2 is 1.50 bits per heavy atom. The van der Waals surface area contributed by atoms with Crippen LogP contribution in [0.2, 0.25) is 0 Å². The summed E-state index contributed by atoms with van der Waals surface area (Å²) < 4.78 is 0. The van der Waals surface area contributed by atoms with Crippen LogP contribution >= 0.6 is 0 Å². The Kier molecular flexibility index (Phi) is 9.80. The Balaban J connectivity index is 1.76. The number of allylic oxidation sites excluding steroid dienone is 2. The molecule has 0 aromatic rings. The molecule has 0 unspecified atom stereocenters. The Labute approximate surface area is 163 Å². The smallest absolute Gasteiger partial charge is 0.0782 e. The Morgan fingerprint density at radius 1 is 0.885 bits per heavy atom. The highest BCUT2D eigenvalue weighted by atomic mass is 14.4. The lowest BCUT2D eigenvalue weighted by atomic mass is 9.64. The van der Waals surface area contributed by atoms with Gasteiger partial charge in [-0.25, -0.2) is 0 Å². The fourth-order valence-corrected chi connectivity index (χ4v) is 5.27. The quantitative estimate of drug-likeness (QED) is 0.269. The maximum absolute atomic E-state index is 9.99. The fraction of sp³-hybridized carbons (Fsp3) is 0.880. The molecule has 1 heteroatoms. The van der Waals surface area contributed by atoms with Crippen LogP contribution in [0.3, 0.4) is 0 Å².